The number of quaternary nitrogens is 2. The Balaban J connectivity index is 1.32. The fourth-order valence-corrected chi connectivity index (χ4v) is 4.90. The van der Waals surface area contributed by atoms with Gasteiger partial charge in [0.25, 0.3) is 0 Å². The van der Waals surface area contributed by atoms with Gasteiger partial charge in [-0.05, 0) is 30.3 Å². The summed E-state index contributed by atoms with van der Waals surface area (Å²) in [5, 5.41) is 1.34. The van der Waals surface area contributed by atoms with Crippen molar-refractivity contribution in [2.24, 2.45) is 0 Å². The Morgan fingerprint density at radius 3 is 2.20 bits per heavy atom. The second-order valence-corrected chi connectivity index (χ2v) is 8.34. The van der Waals surface area contributed by atoms with Crippen LogP contribution in [0.4, 0.5) is 4.39 Å². The number of piperazine rings is 1. The van der Waals surface area contributed by atoms with Crippen LogP contribution in [-0.4, -0.2) is 31.2 Å². The molecule has 0 radical (unpaired) electrons. The van der Waals surface area contributed by atoms with Crippen LogP contribution >= 0.6 is 0 Å². The molecule has 0 saturated carbocycles. The van der Waals surface area contributed by atoms with Crippen molar-refractivity contribution in [3.8, 4) is 0 Å². The molecule has 0 bridgehead atoms. The van der Waals surface area contributed by atoms with E-state index in [1.54, 1.807) is 21.9 Å². The van der Waals surface area contributed by atoms with Crippen LogP contribution in [0.2, 0.25) is 0 Å². The van der Waals surface area contributed by atoms with Crippen LogP contribution in [0.5, 0.6) is 0 Å². The Labute approximate surface area is 176 Å². The second kappa shape index (κ2) is 8.42. The van der Waals surface area contributed by atoms with E-state index in [9.17, 15) is 4.39 Å². The summed E-state index contributed by atoms with van der Waals surface area (Å²) >= 11 is 0. The minimum atomic E-state index is -0.173. The monoisotopic (exact) mass is 401 g/mol. The van der Waals surface area contributed by atoms with Gasteiger partial charge in [0.05, 0.1) is 0 Å². The Bertz CT molecular complexity index is 1100. The molecule has 5 rings (SSSR count). The fraction of sp³-hybridized carbons (Fsp3) is 0.231. The summed E-state index contributed by atoms with van der Waals surface area (Å²) in [5.41, 5.74) is 5.12. The van der Waals surface area contributed by atoms with Crippen LogP contribution in [0.15, 0.2) is 85.1 Å². The molecule has 1 saturated heterocycles. The maximum Gasteiger partial charge on any atom is 0.139 e. The van der Waals surface area contributed by atoms with Crippen LogP contribution in [0.25, 0.3) is 10.9 Å². The van der Waals surface area contributed by atoms with Gasteiger partial charge in [0.15, 0.2) is 0 Å². The van der Waals surface area contributed by atoms with Gasteiger partial charge < -0.3 is 14.8 Å². The Morgan fingerprint density at radius 2 is 1.43 bits per heavy atom. The van der Waals surface area contributed by atoms with Gasteiger partial charge >= 0.3 is 0 Å². The zero-order valence-corrected chi connectivity index (χ0v) is 17.1. The summed E-state index contributed by atoms with van der Waals surface area (Å²) in [6.07, 6.45) is 2.17. The average Bonchev–Trinajstić information content (AvgIpc) is 3.20. The molecule has 30 heavy (non-hydrogen) atoms. The molecule has 0 aliphatic carbocycles. The van der Waals surface area contributed by atoms with E-state index in [0.29, 0.717) is 0 Å². The molecular weight excluding hydrogens is 373 g/mol. The molecule has 3 N–H and O–H groups in total. The number of H-pyrrole nitrogens is 1. The zero-order valence-electron chi connectivity index (χ0n) is 17.1. The summed E-state index contributed by atoms with van der Waals surface area (Å²) in [5.74, 6) is -0.173. The highest BCUT2D eigenvalue weighted by Gasteiger charge is 2.32. The molecule has 1 unspecified atom stereocenters. The van der Waals surface area contributed by atoms with E-state index < -0.39 is 0 Å². The molecule has 2 heterocycles. The largest absolute Gasteiger partial charge is 0.361 e. The smallest absolute Gasteiger partial charge is 0.139 e. The van der Waals surface area contributed by atoms with Crippen molar-refractivity contribution < 1.29 is 14.2 Å². The van der Waals surface area contributed by atoms with Crippen molar-refractivity contribution in [2.75, 3.05) is 26.2 Å². The topological polar surface area (TPSA) is 24.7 Å². The van der Waals surface area contributed by atoms with Crippen LogP contribution in [0.1, 0.15) is 22.7 Å². The highest BCUT2D eigenvalue weighted by atomic mass is 19.1. The molecular formula is C26H28FN3+2. The van der Waals surface area contributed by atoms with Gasteiger partial charge in [-0.25, -0.2) is 4.39 Å². The van der Waals surface area contributed by atoms with Gasteiger partial charge in [0.1, 0.15) is 44.6 Å². The molecule has 4 aromatic rings. The first kappa shape index (κ1) is 19.0. The van der Waals surface area contributed by atoms with Gasteiger partial charge in [-0.15, -0.1) is 0 Å². The average molecular weight is 402 g/mol. The van der Waals surface area contributed by atoms with Crippen molar-refractivity contribution in [2.45, 2.75) is 12.6 Å². The quantitative estimate of drug-likeness (QED) is 0.458. The lowest BCUT2D eigenvalue weighted by molar-refractivity contribution is -1.03. The van der Waals surface area contributed by atoms with Gasteiger partial charge in [-0.1, -0.05) is 48.5 Å². The molecule has 1 aromatic heterocycles. The Kier molecular flexibility index (Phi) is 5.35. The predicted molar refractivity (Wildman–Crippen MR) is 118 cm³/mol. The first-order chi connectivity index (χ1) is 14.8. The number of aromatic amines is 1. The molecule has 0 spiro atoms. The lowest BCUT2D eigenvalue weighted by atomic mass is 9.96. The van der Waals surface area contributed by atoms with Crippen LogP contribution < -0.4 is 9.80 Å². The van der Waals surface area contributed by atoms with Crippen molar-refractivity contribution in [1.29, 1.82) is 0 Å². The van der Waals surface area contributed by atoms with E-state index in [1.165, 1.54) is 27.6 Å². The normalized spacial score (nSPS) is 20.3. The number of rotatable bonds is 5. The number of hydrogen-bond acceptors (Lipinski definition) is 0. The molecule has 3 aromatic carbocycles. The number of benzene rings is 3. The lowest BCUT2D eigenvalue weighted by Gasteiger charge is -2.35. The summed E-state index contributed by atoms with van der Waals surface area (Å²) in [4.78, 5) is 6.60. The fourth-order valence-electron chi connectivity index (χ4n) is 4.90. The number of aromatic nitrogens is 1. The molecule has 3 nitrogen and oxygen atoms in total. The van der Waals surface area contributed by atoms with E-state index in [4.69, 9.17) is 0 Å². The van der Waals surface area contributed by atoms with Gasteiger partial charge in [-0.2, -0.15) is 0 Å². The summed E-state index contributed by atoms with van der Waals surface area (Å²) in [7, 11) is 0. The Morgan fingerprint density at radius 1 is 0.767 bits per heavy atom. The summed E-state index contributed by atoms with van der Waals surface area (Å²) in [6.45, 7) is 5.55. The molecule has 1 aliphatic heterocycles. The third-order valence-electron chi connectivity index (χ3n) is 6.46. The molecule has 152 valence electrons. The van der Waals surface area contributed by atoms with Crippen molar-refractivity contribution in [1.82, 2.24) is 4.98 Å². The molecule has 1 atom stereocenters. The first-order valence-corrected chi connectivity index (χ1v) is 10.8. The lowest BCUT2D eigenvalue weighted by Crippen LogP contribution is -3.27. The van der Waals surface area contributed by atoms with Gasteiger partial charge in [-0.3, -0.25) is 0 Å². The van der Waals surface area contributed by atoms with Crippen molar-refractivity contribution in [3.05, 3.63) is 108 Å². The SMILES string of the molecule is Fc1ccc(C(c2ccccc2)[NH+]2CC[NH+](Cc3c[nH]c4ccccc34)CC2)cc1. The second-order valence-electron chi connectivity index (χ2n) is 8.34. The molecule has 1 fully saturated rings. The van der Waals surface area contributed by atoms with E-state index in [0.717, 1.165) is 32.7 Å². The van der Waals surface area contributed by atoms with Gasteiger partial charge in [0.2, 0.25) is 0 Å². The number of halogens is 1. The standard InChI is InChI=1S/C26H26FN3/c27-23-12-10-21(11-13-23)26(20-6-2-1-3-7-20)30-16-14-29(15-17-30)19-22-18-28-25-9-5-4-8-24(22)25/h1-13,18,26,28H,14-17,19H2/p+2. The number of hydrogen-bond donors (Lipinski definition) is 3. The Hall–Kier alpha value is -2.95. The van der Waals surface area contributed by atoms with Gasteiger partial charge in [0, 0.05) is 33.8 Å². The number of nitrogens with one attached hydrogen (secondary N) is 3. The highest BCUT2D eigenvalue weighted by molar-refractivity contribution is 5.82. The van der Waals surface area contributed by atoms with E-state index in [1.807, 2.05) is 12.1 Å². The number of fused-ring (bicyclic) bond motifs is 1. The molecule has 4 heteroatoms. The maximum atomic E-state index is 13.5. The van der Waals surface area contributed by atoms with Crippen molar-refractivity contribution in [3.63, 3.8) is 0 Å². The predicted octanol–water partition coefficient (Wildman–Crippen LogP) is 2.38. The van der Waals surface area contributed by atoms with E-state index in [2.05, 4.69) is 65.8 Å². The third-order valence-corrected chi connectivity index (χ3v) is 6.46. The zero-order chi connectivity index (χ0) is 20.3. The minimum absolute atomic E-state index is 0.173. The van der Waals surface area contributed by atoms with Crippen LogP contribution in [0, 0.1) is 5.82 Å². The minimum Gasteiger partial charge on any atom is -0.361 e. The maximum absolute atomic E-state index is 13.5. The van der Waals surface area contributed by atoms with Crippen molar-refractivity contribution >= 4 is 10.9 Å². The first-order valence-electron chi connectivity index (χ1n) is 10.8. The van der Waals surface area contributed by atoms with Crippen LogP contribution in [0.3, 0.4) is 0 Å². The molecule has 1 aliphatic rings. The third kappa shape index (κ3) is 3.89. The summed E-state index contributed by atoms with van der Waals surface area (Å²) < 4.78 is 13.5. The van der Waals surface area contributed by atoms with E-state index >= 15 is 0 Å². The van der Waals surface area contributed by atoms with E-state index in [-0.39, 0.29) is 11.9 Å². The summed E-state index contributed by atoms with van der Waals surface area (Å²) in [6, 6.07) is 26.5. The molecule has 0 amide bonds. The van der Waals surface area contributed by atoms with Crippen LogP contribution in [-0.2, 0) is 6.54 Å². The highest BCUT2D eigenvalue weighted by Crippen LogP contribution is 2.20. The number of para-hydroxylation sites is 1.